The van der Waals surface area contributed by atoms with Gasteiger partial charge in [-0.15, -0.1) is 0 Å². The molecule has 1 saturated heterocycles. The Morgan fingerprint density at radius 3 is 2.40 bits per heavy atom. The minimum Gasteiger partial charge on any atom is -0.453 e. The van der Waals surface area contributed by atoms with Crippen molar-refractivity contribution in [3.05, 3.63) is 50.4 Å². The van der Waals surface area contributed by atoms with Gasteiger partial charge in [0.1, 0.15) is 11.4 Å². The van der Waals surface area contributed by atoms with E-state index in [1.165, 1.54) is 41.9 Å². The minimum atomic E-state index is -3.22. The van der Waals surface area contributed by atoms with Gasteiger partial charge in [-0.05, 0) is 50.3 Å². The molecule has 1 amide bonds. The summed E-state index contributed by atoms with van der Waals surface area (Å²) in [7, 11) is -3.22. The molecule has 1 unspecified atom stereocenters. The van der Waals surface area contributed by atoms with Crippen molar-refractivity contribution in [1.29, 1.82) is 0 Å². The van der Waals surface area contributed by atoms with Crippen LogP contribution in [0.1, 0.15) is 45.1 Å². The first-order valence-electron chi connectivity index (χ1n) is 11.1. The minimum absolute atomic E-state index is 0.0697. The number of H-pyrrole nitrogens is 1. The molecule has 2 heterocycles. The highest BCUT2D eigenvalue weighted by atomic mass is 35.5. The molecule has 0 bridgehead atoms. The van der Waals surface area contributed by atoms with E-state index in [9.17, 15) is 22.4 Å². The molecule has 1 atom stereocenters. The summed E-state index contributed by atoms with van der Waals surface area (Å²) < 4.78 is 45.1. The van der Waals surface area contributed by atoms with Gasteiger partial charge >= 0.3 is 0 Å². The summed E-state index contributed by atoms with van der Waals surface area (Å²) in [5.41, 5.74) is -2.09. The van der Waals surface area contributed by atoms with Crippen molar-refractivity contribution >= 4 is 44.8 Å². The van der Waals surface area contributed by atoms with E-state index in [1.807, 2.05) is 0 Å². The third kappa shape index (κ3) is 6.97. The van der Waals surface area contributed by atoms with E-state index in [4.69, 9.17) is 27.9 Å². The molecule has 1 aliphatic rings. The number of benzene rings is 1. The zero-order chi connectivity index (χ0) is 26.0. The van der Waals surface area contributed by atoms with Crippen molar-refractivity contribution in [2.24, 2.45) is 5.92 Å². The van der Waals surface area contributed by atoms with Gasteiger partial charge in [-0.25, -0.2) is 17.1 Å². The number of aromatic nitrogens is 1. The maximum Gasteiger partial charge on any atom is 0.254 e. The molecule has 192 valence electrons. The van der Waals surface area contributed by atoms with Crippen LogP contribution in [0.4, 0.5) is 10.1 Å². The number of halogens is 3. The summed E-state index contributed by atoms with van der Waals surface area (Å²) in [4.78, 5) is 27.0. The van der Waals surface area contributed by atoms with Crippen LogP contribution in [0.15, 0.2) is 29.2 Å². The Morgan fingerprint density at radius 1 is 1.26 bits per heavy atom. The summed E-state index contributed by atoms with van der Waals surface area (Å²) >= 11 is 12.7. The number of carbonyl (C=O) groups is 1. The van der Waals surface area contributed by atoms with Gasteiger partial charge in [0.05, 0.1) is 21.9 Å². The fourth-order valence-electron chi connectivity index (χ4n) is 3.87. The fraction of sp³-hybridized carbons (Fsp3) is 0.478. The SMILES string of the molecule is CCC(C)(F)c1cc(Oc2c(Cl)cc(NC(=O)CC3CCN(S(C)(=O)=O)CC3)cc2Cl)c[nH]c1=O. The lowest BCUT2D eigenvalue weighted by molar-refractivity contribution is -0.117. The molecule has 35 heavy (non-hydrogen) atoms. The normalized spacial score (nSPS) is 17.1. The summed E-state index contributed by atoms with van der Waals surface area (Å²) in [6.07, 6.45) is 4.02. The zero-order valence-corrected chi connectivity index (χ0v) is 22.0. The molecule has 0 spiro atoms. The van der Waals surface area contributed by atoms with Crippen LogP contribution in [0.5, 0.6) is 11.5 Å². The Hall–Kier alpha value is -2.14. The Balaban J connectivity index is 1.67. The number of rotatable bonds is 8. The van der Waals surface area contributed by atoms with E-state index < -0.39 is 21.3 Å². The summed E-state index contributed by atoms with van der Waals surface area (Å²) in [6, 6.07) is 4.26. The monoisotopic (exact) mass is 547 g/mol. The largest absolute Gasteiger partial charge is 0.453 e. The third-order valence-corrected chi connectivity index (χ3v) is 7.99. The van der Waals surface area contributed by atoms with Gasteiger partial charge in [-0.1, -0.05) is 30.1 Å². The maximum absolute atomic E-state index is 14.7. The van der Waals surface area contributed by atoms with Crippen LogP contribution in [0.3, 0.4) is 0 Å². The van der Waals surface area contributed by atoms with E-state index in [0.29, 0.717) is 31.6 Å². The van der Waals surface area contributed by atoms with Crippen LogP contribution in [0, 0.1) is 5.92 Å². The van der Waals surface area contributed by atoms with Crippen molar-refractivity contribution in [1.82, 2.24) is 9.29 Å². The van der Waals surface area contributed by atoms with E-state index >= 15 is 0 Å². The lowest BCUT2D eigenvalue weighted by Gasteiger charge is -2.29. The third-order valence-electron chi connectivity index (χ3n) is 6.12. The van der Waals surface area contributed by atoms with Gasteiger partial charge in [-0.3, -0.25) is 9.59 Å². The Kier molecular flexibility index (Phi) is 8.52. The molecule has 0 saturated carbocycles. The number of piperidine rings is 1. The van der Waals surface area contributed by atoms with Gasteiger partial charge < -0.3 is 15.0 Å². The van der Waals surface area contributed by atoms with Crippen LogP contribution in [-0.2, 0) is 20.5 Å². The molecule has 2 N–H and O–H groups in total. The van der Waals surface area contributed by atoms with E-state index in [0.717, 1.165) is 0 Å². The molecule has 0 radical (unpaired) electrons. The number of alkyl halides is 1. The second-order valence-corrected chi connectivity index (χ2v) is 11.7. The second kappa shape index (κ2) is 10.9. The van der Waals surface area contributed by atoms with Crippen molar-refractivity contribution in [2.75, 3.05) is 24.7 Å². The number of pyridine rings is 1. The highest BCUT2D eigenvalue weighted by Crippen LogP contribution is 2.39. The quantitative estimate of drug-likeness (QED) is 0.479. The highest BCUT2D eigenvalue weighted by Gasteiger charge is 2.28. The summed E-state index contributed by atoms with van der Waals surface area (Å²) in [5.74, 6) is 0.0726. The average Bonchev–Trinajstić information content (AvgIpc) is 2.77. The number of ether oxygens (including phenoxy) is 1. The van der Waals surface area contributed by atoms with Crippen LogP contribution >= 0.6 is 23.2 Å². The molecular formula is C23H28Cl2FN3O5S. The Morgan fingerprint density at radius 2 is 1.86 bits per heavy atom. The number of sulfonamides is 1. The first kappa shape index (κ1) is 27.4. The second-order valence-electron chi connectivity index (χ2n) is 8.86. The van der Waals surface area contributed by atoms with Crippen LogP contribution in [-0.4, -0.2) is 43.0 Å². The molecule has 1 aromatic carbocycles. The van der Waals surface area contributed by atoms with Crippen LogP contribution < -0.4 is 15.6 Å². The van der Waals surface area contributed by atoms with Crippen molar-refractivity contribution in [3.8, 4) is 11.5 Å². The lowest BCUT2D eigenvalue weighted by Crippen LogP contribution is -2.38. The lowest BCUT2D eigenvalue weighted by atomic mass is 9.94. The molecule has 1 fully saturated rings. The summed E-state index contributed by atoms with van der Waals surface area (Å²) in [5, 5.41) is 2.98. The number of nitrogens with zero attached hydrogens (tertiary/aromatic N) is 1. The first-order chi connectivity index (χ1) is 16.3. The smallest absolute Gasteiger partial charge is 0.254 e. The van der Waals surface area contributed by atoms with Crippen molar-refractivity contribution in [2.45, 2.75) is 45.2 Å². The number of hydrogen-bond acceptors (Lipinski definition) is 5. The average molecular weight is 548 g/mol. The van der Waals surface area contributed by atoms with Crippen LogP contribution in [0.2, 0.25) is 10.0 Å². The van der Waals surface area contributed by atoms with Crippen LogP contribution in [0.25, 0.3) is 0 Å². The maximum atomic E-state index is 14.7. The number of carbonyl (C=O) groups excluding carboxylic acids is 1. The number of aromatic amines is 1. The van der Waals surface area contributed by atoms with E-state index in [1.54, 1.807) is 6.92 Å². The highest BCUT2D eigenvalue weighted by molar-refractivity contribution is 7.88. The molecular weight excluding hydrogens is 520 g/mol. The number of anilines is 1. The van der Waals surface area contributed by atoms with Gasteiger partial charge in [0.15, 0.2) is 5.75 Å². The number of nitrogens with one attached hydrogen (secondary N) is 2. The molecule has 2 aromatic rings. The predicted octanol–water partition coefficient (Wildman–Crippen LogP) is 5.07. The Bertz CT molecular complexity index is 1240. The molecule has 1 aliphatic heterocycles. The van der Waals surface area contributed by atoms with Gasteiger partial charge in [0.25, 0.3) is 5.56 Å². The zero-order valence-electron chi connectivity index (χ0n) is 19.7. The van der Waals surface area contributed by atoms with Gasteiger partial charge in [-0.2, -0.15) is 0 Å². The molecule has 12 heteroatoms. The van der Waals surface area contributed by atoms with E-state index in [2.05, 4.69) is 10.3 Å². The van der Waals surface area contributed by atoms with Crippen molar-refractivity contribution in [3.63, 3.8) is 0 Å². The van der Waals surface area contributed by atoms with E-state index in [-0.39, 0.29) is 51.8 Å². The fourth-order valence-corrected chi connectivity index (χ4v) is 5.31. The molecule has 8 nitrogen and oxygen atoms in total. The first-order valence-corrected chi connectivity index (χ1v) is 13.7. The number of amides is 1. The molecule has 3 rings (SSSR count). The van der Waals surface area contributed by atoms with Crippen molar-refractivity contribution < 1.29 is 22.3 Å². The van der Waals surface area contributed by atoms with Gasteiger partial charge in [0, 0.05) is 31.4 Å². The Labute approximate surface area is 213 Å². The topological polar surface area (TPSA) is 109 Å². The molecule has 1 aromatic heterocycles. The summed E-state index contributed by atoms with van der Waals surface area (Å²) in [6.45, 7) is 3.74. The molecule has 0 aliphatic carbocycles. The predicted molar refractivity (Wildman–Crippen MR) is 135 cm³/mol. The van der Waals surface area contributed by atoms with Gasteiger partial charge in [0.2, 0.25) is 15.9 Å². The standard InChI is InChI=1S/C23H28Cl2FN3O5S/c1-4-23(2,26)17-12-16(13-27-22(17)31)34-21-18(24)10-15(11-19(21)25)28-20(30)9-14-5-7-29(8-6-14)35(3,32)33/h10-14H,4-9H2,1-3H3,(H,27,31)(H,28,30). The number of hydrogen-bond donors (Lipinski definition) is 2.